The number of carbonyl (C=O) groups is 3. The monoisotopic (exact) mass is 264 g/mol. The van der Waals surface area contributed by atoms with Gasteiger partial charge >= 0.3 is 5.97 Å². The number of carboxylic acids is 1. The Morgan fingerprint density at radius 1 is 1.53 bits per heavy atom. The van der Waals surface area contributed by atoms with Crippen LogP contribution in [-0.4, -0.2) is 23.1 Å². The lowest BCUT2D eigenvalue weighted by molar-refractivity contribution is -0.144. The molecule has 0 amide bonds. The molecule has 0 aromatic heterocycles. The van der Waals surface area contributed by atoms with Crippen molar-refractivity contribution >= 4 is 18.0 Å². The van der Waals surface area contributed by atoms with E-state index in [1.807, 2.05) is 0 Å². The highest BCUT2D eigenvalue weighted by molar-refractivity contribution is 6.02. The van der Waals surface area contributed by atoms with Crippen LogP contribution >= 0.6 is 0 Å². The molecule has 4 nitrogen and oxygen atoms in total. The second-order valence-corrected chi connectivity index (χ2v) is 4.89. The molecule has 0 spiro atoms. The van der Waals surface area contributed by atoms with Gasteiger partial charge in [-0.05, 0) is 30.5 Å². The predicted molar refractivity (Wildman–Crippen MR) is 64.2 cm³/mol. The predicted octanol–water partition coefficient (Wildman–Crippen LogP) is 1.63. The van der Waals surface area contributed by atoms with Gasteiger partial charge in [0.15, 0.2) is 0 Å². The molecule has 0 aliphatic heterocycles. The number of halogens is 1. The molecule has 1 aromatic carbocycles. The zero-order valence-electron chi connectivity index (χ0n) is 10.4. The Morgan fingerprint density at radius 2 is 2.21 bits per heavy atom. The van der Waals surface area contributed by atoms with Crippen LogP contribution in [0, 0.1) is 18.7 Å². The number of hydrogen-bond acceptors (Lipinski definition) is 3. The van der Waals surface area contributed by atoms with Gasteiger partial charge in [0, 0.05) is 6.42 Å². The molecule has 100 valence electrons. The van der Waals surface area contributed by atoms with Crippen molar-refractivity contribution in [2.24, 2.45) is 5.92 Å². The Bertz CT molecular complexity index is 567. The van der Waals surface area contributed by atoms with E-state index in [0.29, 0.717) is 6.29 Å². The molecule has 0 radical (unpaired) electrons. The van der Waals surface area contributed by atoms with Crippen LogP contribution in [0.5, 0.6) is 0 Å². The minimum atomic E-state index is -1.49. The molecule has 2 atom stereocenters. The molecular weight excluding hydrogens is 251 g/mol. The number of benzene rings is 1. The SMILES string of the molecule is Cc1c(F)cccc1C1(C(=O)O)CC(=O)C(C=O)C1. The highest BCUT2D eigenvalue weighted by atomic mass is 19.1. The van der Waals surface area contributed by atoms with Gasteiger partial charge in [0.2, 0.25) is 0 Å². The Balaban J connectivity index is 2.59. The lowest BCUT2D eigenvalue weighted by Crippen LogP contribution is -2.34. The number of ketones is 1. The van der Waals surface area contributed by atoms with Crippen molar-refractivity contribution in [2.45, 2.75) is 25.2 Å². The summed E-state index contributed by atoms with van der Waals surface area (Å²) in [5.41, 5.74) is -1.00. The van der Waals surface area contributed by atoms with Crippen molar-refractivity contribution in [3.05, 3.63) is 35.1 Å². The first-order chi connectivity index (χ1) is 8.92. The maximum absolute atomic E-state index is 13.6. The Morgan fingerprint density at radius 3 is 2.74 bits per heavy atom. The average molecular weight is 264 g/mol. The summed E-state index contributed by atoms with van der Waals surface area (Å²) in [4.78, 5) is 34.1. The number of rotatable bonds is 3. The Hall–Kier alpha value is -2.04. The van der Waals surface area contributed by atoms with E-state index in [1.54, 1.807) is 0 Å². The van der Waals surface area contributed by atoms with E-state index in [-0.39, 0.29) is 24.0 Å². The molecule has 5 heteroatoms. The maximum atomic E-state index is 13.6. The van der Waals surface area contributed by atoms with Crippen LogP contribution in [0.3, 0.4) is 0 Å². The van der Waals surface area contributed by atoms with Crippen LogP contribution in [-0.2, 0) is 19.8 Å². The van der Waals surface area contributed by atoms with E-state index in [4.69, 9.17) is 0 Å². The number of hydrogen-bond donors (Lipinski definition) is 1. The summed E-state index contributed by atoms with van der Waals surface area (Å²) in [6, 6.07) is 4.16. The smallest absolute Gasteiger partial charge is 0.314 e. The maximum Gasteiger partial charge on any atom is 0.314 e. The van der Waals surface area contributed by atoms with Gasteiger partial charge in [0.25, 0.3) is 0 Å². The molecular formula is C14H13FO4. The normalized spacial score (nSPS) is 26.4. The van der Waals surface area contributed by atoms with Crippen molar-refractivity contribution in [3.63, 3.8) is 0 Å². The first-order valence-corrected chi connectivity index (χ1v) is 5.89. The number of Topliss-reactive ketones (excluding diaryl/α,β-unsaturated/α-hetero) is 1. The van der Waals surface area contributed by atoms with Gasteiger partial charge in [0.05, 0.1) is 5.92 Å². The van der Waals surface area contributed by atoms with Crippen LogP contribution in [0.15, 0.2) is 18.2 Å². The van der Waals surface area contributed by atoms with Gasteiger partial charge in [-0.25, -0.2) is 4.39 Å². The number of carbonyl (C=O) groups excluding carboxylic acids is 2. The third-order valence-electron chi connectivity index (χ3n) is 3.81. The second-order valence-electron chi connectivity index (χ2n) is 4.89. The van der Waals surface area contributed by atoms with Gasteiger partial charge in [-0.1, -0.05) is 12.1 Å². The van der Waals surface area contributed by atoms with Gasteiger partial charge < -0.3 is 9.90 Å². The van der Waals surface area contributed by atoms with Crippen LogP contribution in [0.25, 0.3) is 0 Å². The summed E-state index contributed by atoms with van der Waals surface area (Å²) in [5, 5.41) is 9.47. The van der Waals surface area contributed by atoms with Crippen LogP contribution in [0.4, 0.5) is 4.39 Å². The molecule has 2 unspecified atom stereocenters. The van der Waals surface area contributed by atoms with Crippen molar-refractivity contribution < 1.29 is 23.9 Å². The summed E-state index contributed by atoms with van der Waals surface area (Å²) in [6.07, 6.45) is 0.104. The third-order valence-corrected chi connectivity index (χ3v) is 3.81. The van der Waals surface area contributed by atoms with Gasteiger partial charge in [0.1, 0.15) is 23.3 Å². The quantitative estimate of drug-likeness (QED) is 0.665. The summed E-state index contributed by atoms with van der Waals surface area (Å²) >= 11 is 0. The van der Waals surface area contributed by atoms with E-state index in [9.17, 15) is 23.9 Å². The molecule has 1 saturated carbocycles. The molecule has 19 heavy (non-hydrogen) atoms. The van der Waals surface area contributed by atoms with E-state index >= 15 is 0 Å². The topological polar surface area (TPSA) is 71.4 Å². The standard InChI is InChI=1S/C14H13FO4/c1-8-10(3-2-4-11(8)15)14(13(18)19)5-9(7-16)12(17)6-14/h2-4,7,9H,5-6H2,1H3,(H,18,19). The lowest BCUT2D eigenvalue weighted by Gasteiger charge is -2.25. The third kappa shape index (κ3) is 1.95. The van der Waals surface area contributed by atoms with Gasteiger partial charge in [-0.15, -0.1) is 0 Å². The van der Waals surface area contributed by atoms with Crippen molar-refractivity contribution in [2.75, 3.05) is 0 Å². The van der Waals surface area contributed by atoms with Crippen molar-refractivity contribution in [1.82, 2.24) is 0 Å². The fourth-order valence-corrected chi connectivity index (χ4v) is 2.72. The minimum absolute atomic E-state index is 0.102. The Kier molecular flexibility index (Phi) is 3.22. The highest BCUT2D eigenvalue weighted by Crippen LogP contribution is 2.43. The minimum Gasteiger partial charge on any atom is -0.481 e. The molecule has 1 aliphatic carbocycles. The molecule has 2 rings (SSSR count). The largest absolute Gasteiger partial charge is 0.481 e. The molecule has 1 aliphatic rings. The number of carboxylic acid groups (broad SMARTS) is 1. The summed E-state index contributed by atoms with van der Waals surface area (Å²) in [5.74, 6) is -3.03. The Labute approximate surface area is 109 Å². The zero-order valence-corrected chi connectivity index (χ0v) is 10.4. The summed E-state index contributed by atoms with van der Waals surface area (Å²) in [7, 11) is 0. The van der Waals surface area contributed by atoms with Crippen LogP contribution in [0.2, 0.25) is 0 Å². The van der Waals surface area contributed by atoms with Crippen molar-refractivity contribution in [1.29, 1.82) is 0 Å². The highest BCUT2D eigenvalue weighted by Gasteiger charge is 2.52. The fraction of sp³-hybridized carbons (Fsp3) is 0.357. The molecule has 1 fully saturated rings. The van der Waals surface area contributed by atoms with E-state index < -0.39 is 28.9 Å². The van der Waals surface area contributed by atoms with Crippen LogP contribution in [0.1, 0.15) is 24.0 Å². The average Bonchev–Trinajstić information content (AvgIpc) is 2.71. The molecule has 0 heterocycles. The zero-order chi connectivity index (χ0) is 14.2. The van der Waals surface area contributed by atoms with E-state index in [2.05, 4.69) is 0 Å². The van der Waals surface area contributed by atoms with Gasteiger partial charge in [-0.3, -0.25) is 9.59 Å². The summed E-state index contributed by atoms with van der Waals surface area (Å²) in [6.45, 7) is 1.48. The number of aliphatic carboxylic acids is 1. The molecule has 1 aromatic rings. The van der Waals surface area contributed by atoms with Crippen LogP contribution < -0.4 is 0 Å². The molecule has 1 N–H and O–H groups in total. The van der Waals surface area contributed by atoms with Gasteiger partial charge in [-0.2, -0.15) is 0 Å². The molecule has 0 bridgehead atoms. The van der Waals surface area contributed by atoms with E-state index in [1.165, 1.54) is 25.1 Å². The fourth-order valence-electron chi connectivity index (χ4n) is 2.72. The first-order valence-electron chi connectivity index (χ1n) is 5.89. The summed E-state index contributed by atoms with van der Waals surface area (Å²) < 4.78 is 13.6. The molecule has 0 saturated heterocycles. The first kappa shape index (κ1) is 13.4. The second kappa shape index (κ2) is 4.57. The number of aldehydes is 1. The van der Waals surface area contributed by atoms with Crippen molar-refractivity contribution in [3.8, 4) is 0 Å². The lowest BCUT2D eigenvalue weighted by atomic mass is 9.76. The van der Waals surface area contributed by atoms with E-state index in [0.717, 1.165) is 0 Å².